The summed E-state index contributed by atoms with van der Waals surface area (Å²) in [5.41, 5.74) is 18.3. The molecule has 0 aromatic carbocycles. The van der Waals surface area contributed by atoms with Crippen molar-refractivity contribution in [3.63, 3.8) is 0 Å². The number of ether oxygens (including phenoxy) is 3. The van der Waals surface area contributed by atoms with E-state index in [4.69, 9.17) is 36.5 Å². The van der Waals surface area contributed by atoms with Crippen LogP contribution >= 0.6 is 11.8 Å². The molecule has 14 heteroatoms. The highest BCUT2D eigenvalue weighted by molar-refractivity contribution is 7.99. The van der Waals surface area contributed by atoms with Gasteiger partial charge in [0.15, 0.2) is 23.5 Å². The molecule has 2 aromatic heterocycles. The first-order valence-corrected chi connectivity index (χ1v) is 12.4. The van der Waals surface area contributed by atoms with Gasteiger partial charge in [0.05, 0.1) is 12.4 Å². The van der Waals surface area contributed by atoms with Gasteiger partial charge in [-0.1, -0.05) is 0 Å². The lowest BCUT2D eigenvalue weighted by Crippen LogP contribution is -2.32. The van der Waals surface area contributed by atoms with Gasteiger partial charge in [-0.3, -0.25) is 9.36 Å². The minimum Gasteiger partial charge on any atom is -0.480 e. The van der Waals surface area contributed by atoms with Crippen LogP contribution in [0.15, 0.2) is 6.33 Å². The molecular weight excluding hydrogens is 464 g/mol. The predicted octanol–water partition coefficient (Wildman–Crippen LogP) is 0.122. The van der Waals surface area contributed by atoms with E-state index < -0.39 is 24.0 Å². The number of aliphatic carboxylic acids is 1. The summed E-state index contributed by atoms with van der Waals surface area (Å²) in [5.74, 6) is 0.0664. The number of nitrogen functional groups attached to an aromatic ring is 1. The molecule has 5 atom stereocenters. The number of hydrogen-bond acceptors (Lipinski definition) is 12. The molecule has 2 saturated heterocycles. The van der Waals surface area contributed by atoms with Crippen LogP contribution in [-0.4, -0.2) is 85.3 Å². The van der Waals surface area contributed by atoms with Gasteiger partial charge < -0.3 is 41.8 Å². The molecule has 8 N–H and O–H groups in total. The number of hydrogen-bond donors (Lipinski definition) is 5. The number of carbonyl (C=O) groups is 1. The van der Waals surface area contributed by atoms with Crippen LogP contribution in [0.25, 0.3) is 11.2 Å². The molecule has 13 nitrogen and oxygen atoms in total. The summed E-state index contributed by atoms with van der Waals surface area (Å²) in [6.07, 6.45) is 1.26. The molecule has 0 aliphatic carbocycles. The molecule has 0 bridgehead atoms. The highest BCUT2D eigenvalue weighted by Crippen LogP contribution is 2.44. The lowest BCUT2D eigenvalue weighted by atomic mass is 10.1. The van der Waals surface area contributed by atoms with Crippen molar-refractivity contribution in [3.8, 4) is 0 Å². The number of rotatable bonds is 11. The number of anilines is 2. The van der Waals surface area contributed by atoms with Crippen LogP contribution in [0.1, 0.15) is 32.9 Å². The van der Waals surface area contributed by atoms with Crippen molar-refractivity contribution >= 4 is 40.7 Å². The van der Waals surface area contributed by atoms with Gasteiger partial charge in [0, 0.05) is 12.3 Å². The van der Waals surface area contributed by atoms with Gasteiger partial charge in [0.1, 0.15) is 23.8 Å². The van der Waals surface area contributed by atoms with E-state index in [9.17, 15) is 4.79 Å². The monoisotopic (exact) mass is 496 g/mol. The largest absolute Gasteiger partial charge is 0.480 e. The summed E-state index contributed by atoms with van der Waals surface area (Å²) < 4.78 is 20.5. The molecule has 34 heavy (non-hydrogen) atoms. The van der Waals surface area contributed by atoms with Crippen molar-refractivity contribution in [1.82, 2.24) is 19.5 Å². The van der Waals surface area contributed by atoms with E-state index in [1.54, 1.807) is 22.7 Å². The maximum absolute atomic E-state index is 10.9. The van der Waals surface area contributed by atoms with Crippen molar-refractivity contribution in [2.75, 3.05) is 35.6 Å². The number of carboxylic acids is 1. The molecule has 0 saturated carbocycles. The normalized spacial score (nSPS) is 26.6. The van der Waals surface area contributed by atoms with Crippen molar-refractivity contribution in [2.45, 2.75) is 63.1 Å². The third-order valence-electron chi connectivity index (χ3n) is 5.68. The van der Waals surface area contributed by atoms with Gasteiger partial charge in [-0.2, -0.15) is 21.7 Å². The van der Waals surface area contributed by atoms with Gasteiger partial charge in [0.2, 0.25) is 5.95 Å². The number of thioether (sulfide) groups is 1. The van der Waals surface area contributed by atoms with Gasteiger partial charge in [-0.05, 0) is 39.0 Å². The van der Waals surface area contributed by atoms with Crippen molar-refractivity contribution in [3.05, 3.63) is 6.33 Å². The zero-order valence-electron chi connectivity index (χ0n) is 19.2. The van der Waals surface area contributed by atoms with E-state index in [0.29, 0.717) is 48.1 Å². The number of fused-ring (bicyclic) bond motifs is 2. The second-order valence-corrected chi connectivity index (χ2v) is 9.91. The Kier molecular flexibility index (Phi) is 7.45. The molecule has 0 spiro atoms. The van der Waals surface area contributed by atoms with Crippen LogP contribution in [0.4, 0.5) is 11.8 Å². The van der Waals surface area contributed by atoms with Crippen LogP contribution in [0.5, 0.6) is 0 Å². The minimum absolute atomic E-state index is 0.263. The van der Waals surface area contributed by atoms with Gasteiger partial charge in [-0.25, -0.2) is 4.98 Å². The molecule has 2 fully saturated rings. The van der Waals surface area contributed by atoms with Crippen LogP contribution < -0.4 is 22.5 Å². The lowest BCUT2D eigenvalue weighted by molar-refractivity contribution is -0.193. The lowest BCUT2D eigenvalue weighted by Gasteiger charge is -2.24. The standard InChI is InChI=1S/C20H32N8O5S/c1-20(2)32-13-11(8-34-7-4-10(22)18(29)30)31-17(14(13)33-20)28-9-25-12-15(23)26-19(27-16(12)28)24-6-3-5-21/h9-11,13-14,17H,3-8,21-22H2,1-2H3,(H,29,30)(H3,23,24,26,27)/t10-,11+,13+,14+,17+/m0/s1. The number of nitrogens with zero attached hydrogens (tertiary/aromatic N) is 4. The highest BCUT2D eigenvalue weighted by atomic mass is 32.2. The third kappa shape index (κ3) is 5.21. The van der Waals surface area contributed by atoms with Crippen LogP contribution in [0.2, 0.25) is 0 Å². The number of imidazole rings is 1. The molecule has 4 heterocycles. The summed E-state index contributed by atoms with van der Waals surface area (Å²) in [7, 11) is 0. The first kappa shape index (κ1) is 24.9. The Bertz CT molecular complexity index is 1020. The Morgan fingerprint density at radius 2 is 2.12 bits per heavy atom. The third-order valence-corrected chi connectivity index (χ3v) is 6.77. The van der Waals surface area contributed by atoms with Crippen molar-refractivity contribution in [2.24, 2.45) is 11.5 Å². The Morgan fingerprint density at radius 3 is 2.85 bits per heavy atom. The second kappa shape index (κ2) is 10.2. The molecule has 188 valence electrons. The second-order valence-electron chi connectivity index (χ2n) is 8.76. The fourth-order valence-corrected chi connectivity index (χ4v) is 5.14. The van der Waals surface area contributed by atoms with E-state index in [-0.39, 0.29) is 24.1 Å². The zero-order valence-corrected chi connectivity index (χ0v) is 20.0. The van der Waals surface area contributed by atoms with Crippen molar-refractivity contribution in [1.29, 1.82) is 0 Å². The fourth-order valence-electron chi connectivity index (χ4n) is 4.06. The molecule has 0 unspecified atom stereocenters. The SMILES string of the molecule is CC1(C)O[C@@H]2[C@H](O1)[C@@H](CSCC[C@H](N)C(=O)O)O[C@H]2n1cnc2c(N)nc(NCCCN)nc21. The molecule has 0 amide bonds. The molecule has 0 radical (unpaired) electrons. The van der Waals surface area contributed by atoms with Gasteiger partial charge in [0.25, 0.3) is 0 Å². The predicted molar refractivity (Wildman–Crippen MR) is 127 cm³/mol. The van der Waals surface area contributed by atoms with E-state index in [1.165, 1.54) is 0 Å². The van der Waals surface area contributed by atoms with Crippen LogP contribution in [0.3, 0.4) is 0 Å². The molecular formula is C20H32N8O5S. The number of aromatic nitrogens is 4. The Hall–Kier alpha value is -2.23. The Labute approximate surface area is 201 Å². The van der Waals surface area contributed by atoms with Gasteiger partial charge in [-0.15, -0.1) is 0 Å². The summed E-state index contributed by atoms with van der Waals surface area (Å²) >= 11 is 1.57. The number of nitrogens with one attached hydrogen (secondary N) is 1. The van der Waals surface area contributed by atoms with E-state index in [2.05, 4.69) is 20.3 Å². The smallest absolute Gasteiger partial charge is 0.320 e. The highest BCUT2D eigenvalue weighted by Gasteiger charge is 2.56. The van der Waals surface area contributed by atoms with E-state index >= 15 is 0 Å². The summed E-state index contributed by atoms with van der Waals surface area (Å²) in [4.78, 5) is 24.2. The van der Waals surface area contributed by atoms with Crippen molar-refractivity contribution < 1.29 is 24.1 Å². The molecule has 4 rings (SSSR count). The van der Waals surface area contributed by atoms with Crippen LogP contribution in [0, 0.1) is 0 Å². The average molecular weight is 497 g/mol. The molecule has 2 aliphatic heterocycles. The maximum atomic E-state index is 10.9. The first-order valence-electron chi connectivity index (χ1n) is 11.2. The van der Waals surface area contributed by atoms with E-state index in [0.717, 1.165) is 6.42 Å². The number of nitrogens with two attached hydrogens (primary N) is 3. The average Bonchev–Trinajstić information content (AvgIpc) is 3.42. The number of carboxylic acid groups (broad SMARTS) is 1. The molecule has 2 aromatic rings. The summed E-state index contributed by atoms with van der Waals surface area (Å²) in [6.45, 7) is 4.90. The topological polar surface area (TPSA) is 199 Å². The summed E-state index contributed by atoms with van der Waals surface area (Å²) in [5, 5.41) is 12.1. The maximum Gasteiger partial charge on any atom is 0.320 e. The summed E-state index contributed by atoms with van der Waals surface area (Å²) in [6, 6.07) is -0.877. The Morgan fingerprint density at radius 1 is 1.35 bits per heavy atom. The van der Waals surface area contributed by atoms with E-state index in [1.807, 2.05) is 13.8 Å². The zero-order chi connectivity index (χ0) is 24.5. The first-order chi connectivity index (χ1) is 16.2. The quantitative estimate of drug-likeness (QED) is 0.263. The Balaban J connectivity index is 1.53. The fraction of sp³-hybridized carbons (Fsp3) is 0.700. The molecule has 2 aliphatic rings. The minimum atomic E-state index is -1.00. The van der Waals surface area contributed by atoms with Crippen LogP contribution in [-0.2, 0) is 19.0 Å². The van der Waals surface area contributed by atoms with Gasteiger partial charge >= 0.3 is 5.97 Å².